The molecule has 4 aromatic heterocycles. The Kier molecular flexibility index (Phi) is 3.97. The van der Waals surface area contributed by atoms with E-state index >= 15 is 0 Å². The number of aromatic nitrogens is 7. The van der Waals surface area contributed by atoms with Crippen LogP contribution < -0.4 is 0 Å². The number of benzene rings is 2. The van der Waals surface area contributed by atoms with Crippen molar-refractivity contribution >= 4 is 34.0 Å². The highest BCUT2D eigenvalue weighted by atomic mass is 32.2. The van der Waals surface area contributed by atoms with Crippen LogP contribution in [0.3, 0.4) is 0 Å². The van der Waals surface area contributed by atoms with E-state index in [1.165, 1.54) is 17.8 Å². The first-order chi connectivity index (χ1) is 15.2. The Morgan fingerprint density at radius 3 is 2.55 bits per heavy atom. The van der Waals surface area contributed by atoms with Crippen LogP contribution in [0.2, 0.25) is 0 Å². The summed E-state index contributed by atoms with van der Waals surface area (Å²) in [5.74, 6) is -0.0235. The van der Waals surface area contributed by atoms with Gasteiger partial charge in [-0.3, -0.25) is 4.40 Å². The number of nitrogens with zero attached hydrogens (tertiary/aromatic N) is 7. The maximum atomic E-state index is 14.3. The Balaban J connectivity index is 1.49. The number of aryl methyl sites for hydroxylation is 1. The van der Waals surface area contributed by atoms with Crippen molar-refractivity contribution in [3.05, 3.63) is 78.1 Å². The van der Waals surface area contributed by atoms with E-state index in [-0.39, 0.29) is 5.82 Å². The van der Waals surface area contributed by atoms with Crippen LogP contribution >= 0.6 is 11.8 Å². The van der Waals surface area contributed by atoms with Gasteiger partial charge in [0.1, 0.15) is 10.8 Å². The predicted octanol–water partition coefficient (Wildman–Crippen LogP) is 4.59. The zero-order chi connectivity index (χ0) is 20.9. The molecule has 4 heterocycles. The van der Waals surface area contributed by atoms with Gasteiger partial charge in [0.2, 0.25) is 5.16 Å². The van der Waals surface area contributed by atoms with Gasteiger partial charge >= 0.3 is 0 Å². The fourth-order valence-corrected chi connectivity index (χ4v) is 4.48. The minimum atomic E-state index is -0.373. The van der Waals surface area contributed by atoms with Crippen molar-refractivity contribution in [2.24, 2.45) is 0 Å². The molecule has 7 nitrogen and oxygen atoms in total. The van der Waals surface area contributed by atoms with Crippen molar-refractivity contribution in [2.45, 2.75) is 17.1 Å². The van der Waals surface area contributed by atoms with Crippen molar-refractivity contribution in [1.29, 1.82) is 0 Å². The highest BCUT2D eigenvalue weighted by Crippen LogP contribution is 2.30. The summed E-state index contributed by atoms with van der Waals surface area (Å²) < 4.78 is 17.9. The average molecular weight is 427 g/mol. The normalized spacial score (nSPS) is 11.7. The molecule has 0 radical (unpaired) electrons. The van der Waals surface area contributed by atoms with Gasteiger partial charge < -0.3 is 0 Å². The van der Waals surface area contributed by atoms with Crippen molar-refractivity contribution in [2.75, 3.05) is 0 Å². The third-order valence-electron chi connectivity index (χ3n) is 5.12. The molecule has 0 bridgehead atoms. The van der Waals surface area contributed by atoms with Crippen LogP contribution in [0.25, 0.3) is 33.6 Å². The molecule has 9 heteroatoms. The number of rotatable bonds is 3. The lowest BCUT2D eigenvalue weighted by molar-refractivity contribution is 0.629. The van der Waals surface area contributed by atoms with Gasteiger partial charge in [0.05, 0.1) is 11.1 Å². The number of fused-ring (bicyclic) bond motifs is 4. The lowest BCUT2D eigenvalue weighted by Crippen LogP contribution is -1.98. The number of halogens is 1. The average Bonchev–Trinajstić information content (AvgIpc) is 3.38. The van der Waals surface area contributed by atoms with E-state index < -0.39 is 0 Å². The van der Waals surface area contributed by atoms with Crippen LogP contribution in [-0.2, 0) is 0 Å². The first-order valence-electron chi connectivity index (χ1n) is 9.58. The number of hydrogen-bond donors (Lipinski definition) is 0. The van der Waals surface area contributed by atoms with Crippen LogP contribution in [0, 0.1) is 12.7 Å². The molecule has 0 aliphatic rings. The van der Waals surface area contributed by atoms with Gasteiger partial charge in [0.25, 0.3) is 0 Å². The molecule has 31 heavy (non-hydrogen) atoms. The summed E-state index contributed by atoms with van der Waals surface area (Å²) >= 11 is 1.38. The first kappa shape index (κ1) is 18.0. The molecule has 150 valence electrons. The third-order valence-corrected chi connectivity index (χ3v) is 6.00. The quantitative estimate of drug-likeness (QED) is 0.411. The second-order valence-corrected chi connectivity index (χ2v) is 8.06. The summed E-state index contributed by atoms with van der Waals surface area (Å²) in [6.45, 7) is 2.07. The SMILES string of the molecule is Cc1cc2nnc(Sc3ccc4nnc(-c5ccccc5F)n4n3)n2c2ccccc12. The van der Waals surface area contributed by atoms with Gasteiger partial charge in [-0.05, 0) is 60.6 Å². The van der Waals surface area contributed by atoms with Gasteiger partial charge in [-0.1, -0.05) is 30.3 Å². The molecule has 2 aromatic carbocycles. The molecular weight excluding hydrogens is 413 g/mol. The summed E-state index contributed by atoms with van der Waals surface area (Å²) in [6, 6.07) is 20.3. The molecule has 0 saturated carbocycles. The molecule has 6 rings (SSSR count). The largest absolute Gasteiger partial charge is 0.270 e. The Morgan fingerprint density at radius 2 is 1.65 bits per heavy atom. The second-order valence-electron chi connectivity index (χ2n) is 7.07. The van der Waals surface area contributed by atoms with Crippen LogP contribution in [-0.4, -0.2) is 34.4 Å². The first-order valence-corrected chi connectivity index (χ1v) is 10.4. The van der Waals surface area contributed by atoms with E-state index in [1.807, 2.05) is 28.7 Å². The Labute approximate surface area is 179 Å². The van der Waals surface area contributed by atoms with Gasteiger partial charge in [0.15, 0.2) is 17.1 Å². The fourth-order valence-electron chi connectivity index (χ4n) is 3.67. The molecule has 0 atom stereocenters. The molecule has 0 spiro atoms. The van der Waals surface area contributed by atoms with Crippen LogP contribution in [0.5, 0.6) is 0 Å². The molecule has 0 amide bonds. The lowest BCUT2D eigenvalue weighted by Gasteiger charge is -2.07. The summed E-state index contributed by atoms with van der Waals surface area (Å²) in [4.78, 5) is 0. The zero-order valence-corrected chi connectivity index (χ0v) is 17.1. The second kappa shape index (κ2) is 6.85. The summed E-state index contributed by atoms with van der Waals surface area (Å²) in [5, 5.41) is 24.1. The number of hydrogen-bond acceptors (Lipinski definition) is 6. The maximum Gasteiger partial charge on any atom is 0.202 e. The van der Waals surface area contributed by atoms with Crippen LogP contribution in [0.1, 0.15) is 5.56 Å². The topological polar surface area (TPSA) is 73.3 Å². The maximum absolute atomic E-state index is 14.3. The number of pyridine rings is 1. The molecule has 0 aliphatic heterocycles. The molecule has 0 N–H and O–H groups in total. The van der Waals surface area contributed by atoms with E-state index in [2.05, 4.69) is 44.5 Å². The zero-order valence-electron chi connectivity index (χ0n) is 16.3. The lowest BCUT2D eigenvalue weighted by atomic mass is 10.1. The third kappa shape index (κ3) is 2.85. The molecule has 0 aliphatic carbocycles. The monoisotopic (exact) mass is 427 g/mol. The predicted molar refractivity (Wildman–Crippen MR) is 116 cm³/mol. The van der Waals surface area contributed by atoms with E-state index in [9.17, 15) is 4.39 Å². The van der Waals surface area contributed by atoms with Gasteiger partial charge in [-0.2, -0.15) is 9.61 Å². The van der Waals surface area contributed by atoms with Crippen molar-refractivity contribution in [3.8, 4) is 11.4 Å². The number of para-hydroxylation sites is 1. The minimum Gasteiger partial charge on any atom is -0.270 e. The highest BCUT2D eigenvalue weighted by molar-refractivity contribution is 7.99. The summed E-state index contributed by atoms with van der Waals surface area (Å²) in [5.41, 5.74) is 3.83. The Hall–Kier alpha value is -3.85. The summed E-state index contributed by atoms with van der Waals surface area (Å²) in [7, 11) is 0. The highest BCUT2D eigenvalue weighted by Gasteiger charge is 2.16. The Morgan fingerprint density at radius 1 is 0.839 bits per heavy atom. The van der Waals surface area contributed by atoms with E-state index in [0.29, 0.717) is 27.2 Å². The van der Waals surface area contributed by atoms with E-state index in [1.54, 1.807) is 28.8 Å². The van der Waals surface area contributed by atoms with E-state index in [0.717, 1.165) is 22.1 Å². The Bertz CT molecular complexity index is 1600. The minimum absolute atomic E-state index is 0.346. The van der Waals surface area contributed by atoms with Gasteiger partial charge in [-0.25, -0.2) is 4.39 Å². The van der Waals surface area contributed by atoms with Crippen molar-refractivity contribution in [3.63, 3.8) is 0 Å². The van der Waals surface area contributed by atoms with Gasteiger partial charge in [-0.15, -0.1) is 20.4 Å². The molecular formula is C22H14FN7S. The smallest absolute Gasteiger partial charge is 0.202 e. The van der Waals surface area contributed by atoms with E-state index in [4.69, 9.17) is 0 Å². The van der Waals surface area contributed by atoms with Crippen LogP contribution in [0.15, 0.2) is 76.9 Å². The van der Waals surface area contributed by atoms with Gasteiger partial charge in [0, 0.05) is 5.39 Å². The fraction of sp³-hybridized carbons (Fsp3) is 0.0455. The van der Waals surface area contributed by atoms with Crippen molar-refractivity contribution < 1.29 is 4.39 Å². The summed E-state index contributed by atoms with van der Waals surface area (Å²) in [6.07, 6.45) is 0. The molecule has 0 saturated heterocycles. The molecule has 6 aromatic rings. The standard InChI is InChI=1S/C22H14FN7S/c1-13-12-19-25-27-22(29(19)17-9-5-3-6-14(13)17)31-20-11-10-18-24-26-21(30(18)28-20)15-7-2-4-8-16(15)23/h2-12H,1H3. The molecule has 0 fully saturated rings. The van der Waals surface area contributed by atoms with Crippen LogP contribution in [0.4, 0.5) is 4.39 Å². The molecule has 0 unspecified atom stereocenters. The van der Waals surface area contributed by atoms with Crippen molar-refractivity contribution in [1.82, 2.24) is 34.4 Å².